The van der Waals surface area contributed by atoms with Crippen LogP contribution in [-0.4, -0.2) is 47.7 Å². The maximum atomic E-state index is 10.8. The number of ether oxygens (including phenoxy) is 1. The van der Waals surface area contributed by atoms with Gasteiger partial charge in [0.15, 0.2) is 11.5 Å². The molecule has 0 spiro atoms. The largest absolute Gasteiger partial charge is 0.504 e. The van der Waals surface area contributed by atoms with E-state index in [1.807, 2.05) is 31.2 Å². The van der Waals surface area contributed by atoms with Gasteiger partial charge in [0.2, 0.25) is 0 Å². The van der Waals surface area contributed by atoms with Crippen molar-refractivity contribution >= 4 is 11.4 Å². The summed E-state index contributed by atoms with van der Waals surface area (Å²) in [5, 5.41) is 20.6. The van der Waals surface area contributed by atoms with Gasteiger partial charge in [-0.3, -0.25) is 15.0 Å². The van der Waals surface area contributed by atoms with Crippen molar-refractivity contribution in [1.82, 2.24) is 4.90 Å². The average Bonchev–Trinajstić information content (AvgIpc) is 2.65. The van der Waals surface area contributed by atoms with Crippen molar-refractivity contribution in [1.29, 1.82) is 0 Å². The van der Waals surface area contributed by atoms with Gasteiger partial charge in [-0.25, -0.2) is 0 Å². The molecular formula is C19H23N3O4. The predicted octanol–water partition coefficient (Wildman–Crippen LogP) is 3.02. The molecule has 0 amide bonds. The van der Waals surface area contributed by atoms with Crippen LogP contribution in [0.2, 0.25) is 0 Å². The zero-order valence-electron chi connectivity index (χ0n) is 14.8. The van der Waals surface area contributed by atoms with Gasteiger partial charge >= 0.3 is 0 Å². The zero-order valence-corrected chi connectivity index (χ0v) is 14.8. The van der Waals surface area contributed by atoms with Crippen LogP contribution in [0.3, 0.4) is 0 Å². The van der Waals surface area contributed by atoms with E-state index in [0.29, 0.717) is 12.4 Å². The van der Waals surface area contributed by atoms with Crippen molar-refractivity contribution in [2.75, 3.05) is 37.7 Å². The quantitative estimate of drug-likeness (QED) is 0.632. The van der Waals surface area contributed by atoms with E-state index in [1.54, 1.807) is 18.2 Å². The van der Waals surface area contributed by atoms with Crippen LogP contribution in [0, 0.1) is 10.1 Å². The Balaban J connectivity index is 1.57. The van der Waals surface area contributed by atoms with Gasteiger partial charge < -0.3 is 14.7 Å². The van der Waals surface area contributed by atoms with Gasteiger partial charge in [0.1, 0.15) is 0 Å². The Labute approximate surface area is 152 Å². The van der Waals surface area contributed by atoms with Crippen LogP contribution >= 0.6 is 0 Å². The Morgan fingerprint density at radius 3 is 2.42 bits per heavy atom. The predicted molar refractivity (Wildman–Crippen MR) is 99.9 cm³/mol. The number of rotatable bonds is 6. The highest BCUT2D eigenvalue weighted by Gasteiger charge is 2.18. The molecule has 26 heavy (non-hydrogen) atoms. The highest BCUT2D eigenvalue weighted by molar-refractivity contribution is 5.51. The summed E-state index contributed by atoms with van der Waals surface area (Å²) in [7, 11) is 0. The van der Waals surface area contributed by atoms with Crippen LogP contribution in [-0.2, 0) is 6.54 Å². The van der Waals surface area contributed by atoms with E-state index in [1.165, 1.54) is 0 Å². The molecule has 1 saturated heterocycles. The third-order valence-electron chi connectivity index (χ3n) is 4.53. The molecule has 0 unspecified atom stereocenters. The van der Waals surface area contributed by atoms with Crippen molar-refractivity contribution in [3.05, 3.63) is 58.1 Å². The SMILES string of the molecule is CCOc1cc(CN2CCN(c3ccc([N+](=O)[O-])cc3)CC2)ccc1O. The van der Waals surface area contributed by atoms with E-state index in [2.05, 4.69) is 9.80 Å². The molecular weight excluding hydrogens is 334 g/mol. The number of non-ortho nitro benzene ring substituents is 1. The van der Waals surface area contributed by atoms with Crippen LogP contribution < -0.4 is 9.64 Å². The number of aromatic hydroxyl groups is 1. The lowest BCUT2D eigenvalue weighted by molar-refractivity contribution is -0.384. The number of phenols is 1. The average molecular weight is 357 g/mol. The number of piperazine rings is 1. The summed E-state index contributed by atoms with van der Waals surface area (Å²) in [5.74, 6) is 0.688. The smallest absolute Gasteiger partial charge is 0.269 e. The maximum Gasteiger partial charge on any atom is 0.269 e. The zero-order chi connectivity index (χ0) is 18.5. The Morgan fingerprint density at radius 2 is 1.81 bits per heavy atom. The first-order valence-corrected chi connectivity index (χ1v) is 8.73. The van der Waals surface area contributed by atoms with E-state index >= 15 is 0 Å². The van der Waals surface area contributed by atoms with Crippen molar-refractivity contribution in [3.8, 4) is 11.5 Å². The number of nitro benzene ring substituents is 1. The molecule has 1 fully saturated rings. The van der Waals surface area contributed by atoms with E-state index in [4.69, 9.17) is 4.74 Å². The number of benzene rings is 2. The summed E-state index contributed by atoms with van der Waals surface area (Å²) < 4.78 is 5.44. The molecule has 1 heterocycles. The third kappa shape index (κ3) is 4.23. The number of hydrogen-bond acceptors (Lipinski definition) is 6. The summed E-state index contributed by atoms with van der Waals surface area (Å²) in [6.45, 7) is 6.76. The van der Waals surface area contributed by atoms with Crippen molar-refractivity contribution in [3.63, 3.8) is 0 Å². The summed E-state index contributed by atoms with van der Waals surface area (Å²) in [6.07, 6.45) is 0. The van der Waals surface area contributed by atoms with Crippen LogP contribution in [0.5, 0.6) is 11.5 Å². The molecule has 2 aromatic carbocycles. The fourth-order valence-electron chi connectivity index (χ4n) is 3.14. The minimum atomic E-state index is -0.379. The number of phenolic OH excluding ortho intramolecular Hbond substituents is 1. The molecule has 0 saturated carbocycles. The highest BCUT2D eigenvalue weighted by Crippen LogP contribution is 2.28. The fraction of sp³-hybridized carbons (Fsp3) is 0.368. The van der Waals surface area contributed by atoms with E-state index in [-0.39, 0.29) is 16.4 Å². The molecule has 0 radical (unpaired) electrons. The number of hydrogen-bond donors (Lipinski definition) is 1. The summed E-state index contributed by atoms with van der Waals surface area (Å²) in [6, 6.07) is 12.2. The molecule has 0 aromatic heterocycles. The van der Waals surface area contributed by atoms with Crippen LogP contribution in [0.4, 0.5) is 11.4 Å². The Morgan fingerprint density at radius 1 is 1.12 bits per heavy atom. The van der Waals surface area contributed by atoms with Gasteiger partial charge in [-0.2, -0.15) is 0 Å². The second-order valence-electron chi connectivity index (χ2n) is 6.27. The van der Waals surface area contributed by atoms with Gasteiger partial charge in [0.25, 0.3) is 5.69 Å². The maximum absolute atomic E-state index is 10.8. The first kappa shape index (κ1) is 18.0. The lowest BCUT2D eigenvalue weighted by Crippen LogP contribution is -2.45. The van der Waals surface area contributed by atoms with Gasteiger partial charge in [-0.15, -0.1) is 0 Å². The lowest BCUT2D eigenvalue weighted by atomic mass is 10.1. The third-order valence-corrected chi connectivity index (χ3v) is 4.53. The van der Waals surface area contributed by atoms with E-state index in [0.717, 1.165) is 44.0 Å². The molecule has 7 heteroatoms. The molecule has 7 nitrogen and oxygen atoms in total. The number of nitro groups is 1. The summed E-state index contributed by atoms with van der Waals surface area (Å²) in [4.78, 5) is 15.0. The van der Waals surface area contributed by atoms with Crippen molar-refractivity contribution in [2.24, 2.45) is 0 Å². The van der Waals surface area contributed by atoms with Gasteiger partial charge in [0.05, 0.1) is 11.5 Å². The Kier molecular flexibility index (Phi) is 5.58. The van der Waals surface area contributed by atoms with Crippen LogP contribution in [0.15, 0.2) is 42.5 Å². The topological polar surface area (TPSA) is 79.1 Å². The van der Waals surface area contributed by atoms with Gasteiger partial charge in [-0.05, 0) is 36.8 Å². The molecule has 1 aliphatic rings. The molecule has 3 rings (SSSR count). The van der Waals surface area contributed by atoms with Gasteiger partial charge in [-0.1, -0.05) is 6.07 Å². The minimum Gasteiger partial charge on any atom is -0.504 e. The Bertz CT molecular complexity index is 756. The second-order valence-corrected chi connectivity index (χ2v) is 6.27. The monoisotopic (exact) mass is 357 g/mol. The van der Waals surface area contributed by atoms with Crippen LogP contribution in [0.25, 0.3) is 0 Å². The molecule has 2 aromatic rings. The highest BCUT2D eigenvalue weighted by atomic mass is 16.6. The minimum absolute atomic E-state index is 0.116. The standard InChI is InChI=1S/C19H23N3O4/c1-2-26-19-13-15(3-8-18(19)23)14-20-9-11-21(12-10-20)16-4-6-17(7-5-16)22(24)25/h3-8,13,23H,2,9-12,14H2,1H3. The fourth-order valence-corrected chi connectivity index (χ4v) is 3.14. The number of nitrogens with zero attached hydrogens (tertiary/aromatic N) is 3. The van der Waals surface area contributed by atoms with Gasteiger partial charge in [0, 0.05) is 50.5 Å². The van der Waals surface area contributed by atoms with Crippen LogP contribution in [0.1, 0.15) is 12.5 Å². The molecule has 1 aliphatic heterocycles. The van der Waals surface area contributed by atoms with Crippen molar-refractivity contribution < 1.29 is 14.8 Å². The molecule has 0 atom stereocenters. The second kappa shape index (κ2) is 8.05. The normalized spacial score (nSPS) is 15.0. The van der Waals surface area contributed by atoms with E-state index < -0.39 is 0 Å². The first-order valence-electron chi connectivity index (χ1n) is 8.73. The molecule has 1 N–H and O–H groups in total. The number of anilines is 1. The molecule has 0 aliphatic carbocycles. The Hall–Kier alpha value is -2.80. The summed E-state index contributed by atoms with van der Waals surface area (Å²) >= 11 is 0. The molecule has 138 valence electrons. The first-order chi connectivity index (χ1) is 12.6. The van der Waals surface area contributed by atoms with E-state index in [9.17, 15) is 15.2 Å². The summed E-state index contributed by atoms with van der Waals surface area (Å²) in [5.41, 5.74) is 2.23. The lowest BCUT2D eigenvalue weighted by Gasteiger charge is -2.36. The van der Waals surface area contributed by atoms with Crippen molar-refractivity contribution in [2.45, 2.75) is 13.5 Å². The molecule has 0 bridgehead atoms.